The van der Waals surface area contributed by atoms with Crippen LogP contribution in [0.5, 0.6) is 11.5 Å². The number of anilines is 2. The maximum absolute atomic E-state index is 5.87. The van der Waals surface area contributed by atoms with Gasteiger partial charge in [0.1, 0.15) is 13.2 Å². The summed E-state index contributed by atoms with van der Waals surface area (Å²) < 4.78 is 11.7. The highest BCUT2D eigenvalue weighted by Gasteiger charge is 2.23. The Morgan fingerprint density at radius 2 is 1.14 bits per heavy atom. The second-order valence-corrected chi connectivity index (χ2v) is 7.48. The van der Waals surface area contributed by atoms with Crippen LogP contribution >= 0.6 is 11.3 Å². The Kier molecular flexibility index (Phi) is 5.76. The number of benzene rings is 2. The molecule has 1 aliphatic rings. The van der Waals surface area contributed by atoms with Crippen LogP contribution in [0.15, 0.2) is 70.9 Å². The van der Waals surface area contributed by atoms with Gasteiger partial charge in [-0.05, 0) is 24.3 Å². The average molecular weight is 407 g/mol. The Balaban J connectivity index is 1.57. The van der Waals surface area contributed by atoms with Crippen LogP contribution < -0.4 is 19.5 Å². The second-order valence-electron chi connectivity index (χ2n) is 6.39. The normalized spacial score (nSPS) is 13.2. The van der Waals surface area contributed by atoms with E-state index in [1.165, 1.54) is 0 Å². The lowest BCUT2D eigenvalue weighted by molar-refractivity contribution is 0.173. The van der Waals surface area contributed by atoms with Crippen molar-refractivity contribution in [1.29, 1.82) is 0 Å². The number of nitrogens with zero attached hydrogens (tertiary/aromatic N) is 4. The van der Waals surface area contributed by atoms with Crippen LogP contribution in [0.1, 0.15) is 9.75 Å². The van der Waals surface area contributed by atoms with Gasteiger partial charge in [0.05, 0.1) is 33.6 Å². The highest BCUT2D eigenvalue weighted by Crippen LogP contribution is 2.42. The van der Waals surface area contributed by atoms with E-state index >= 15 is 0 Å². The monoisotopic (exact) mass is 406 g/mol. The summed E-state index contributed by atoms with van der Waals surface area (Å²) in [5.41, 5.74) is 2.02. The highest BCUT2D eigenvalue weighted by atomic mass is 32.1. The minimum absolute atomic E-state index is 0.527. The molecule has 2 aromatic carbocycles. The smallest absolute Gasteiger partial charge is 0.181 e. The molecule has 148 valence electrons. The van der Waals surface area contributed by atoms with E-state index < -0.39 is 0 Å². The fraction of sp³-hybridized carbons (Fsp3) is 0.182. The van der Waals surface area contributed by atoms with Gasteiger partial charge in [0.15, 0.2) is 11.5 Å². The van der Waals surface area contributed by atoms with Crippen LogP contribution in [0, 0.1) is 0 Å². The van der Waals surface area contributed by atoms with Crippen molar-refractivity contribution in [2.75, 3.05) is 37.3 Å². The maximum Gasteiger partial charge on any atom is 0.181 e. The first-order valence-corrected chi connectivity index (χ1v) is 10.1. The second kappa shape index (κ2) is 8.79. The molecule has 3 aromatic rings. The number of ether oxygens (including phenoxy) is 2. The van der Waals surface area contributed by atoms with Crippen LogP contribution in [-0.2, 0) is 0 Å². The predicted molar refractivity (Wildman–Crippen MR) is 120 cm³/mol. The molecule has 0 bridgehead atoms. The minimum Gasteiger partial charge on any atom is -0.485 e. The topological polar surface area (TPSA) is 49.7 Å². The average Bonchev–Trinajstić information content (AvgIpc) is 3.15. The van der Waals surface area contributed by atoms with Crippen molar-refractivity contribution in [3.8, 4) is 11.5 Å². The summed E-state index contributed by atoms with van der Waals surface area (Å²) in [7, 11) is 3.83. The lowest BCUT2D eigenvalue weighted by Gasteiger charge is -2.16. The number of hydrazone groups is 2. The Morgan fingerprint density at radius 3 is 1.55 bits per heavy atom. The summed E-state index contributed by atoms with van der Waals surface area (Å²) in [4.78, 5) is 1.82. The van der Waals surface area contributed by atoms with Crippen LogP contribution in [0.2, 0.25) is 0 Å². The van der Waals surface area contributed by atoms with Gasteiger partial charge < -0.3 is 9.47 Å². The Hall–Kier alpha value is -3.32. The van der Waals surface area contributed by atoms with Crippen molar-refractivity contribution in [2.24, 2.45) is 10.2 Å². The molecular weight excluding hydrogens is 384 g/mol. The molecule has 6 nitrogen and oxygen atoms in total. The third kappa shape index (κ3) is 4.41. The Morgan fingerprint density at radius 1 is 0.724 bits per heavy atom. The molecule has 29 heavy (non-hydrogen) atoms. The zero-order valence-corrected chi connectivity index (χ0v) is 17.2. The highest BCUT2D eigenvalue weighted by molar-refractivity contribution is 7.16. The Bertz CT molecular complexity index is 922. The summed E-state index contributed by atoms with van der Waals surface area (Å²) in [6.45, 7) is 1.05. The van der Waals surface area contributed by atoms with Gasteiger partial charge in [0.2, 0.25) is 0 Å². The predicted octanol–water partition coefficient (Wildman–Crippen LogP) is 4.46. The molecule has 4 rings (SSSR count). The van der Waals surface area contributed by atoms with E-state index in [1.54, 1.807) is 11.3 Å². The van der Waals surface area contributed by atoms with Crippen molar-refractivity contribution in [3.63, 3.8) is 0 Å². The summed E-state index contributed by atoms with van der Waals surface area (Å²) >= 11 is 1.55. The molecule has 0 fully saturated rings. The van der Waals surface area contributed by atoms with E-state index in [2.05, 4.69) is 10.2 Å². The van der Waals surface area contributed by atoms with Gasteiger partial charge in [-0.2, -0.15) is 10.2 Å². The van der Waals surface area contributed by atoms with E-state index in [0.717, 1.165) is 32.6 Å². The maximum atomic E-state index is 5.87. The van der Waals surface area contributed by atoms with E-state index in [9.17, 15) is 0 Å². The summed E-state index contributed by atoms with van der Waals surface area (Å²) in [6.07, 6.45) is 3.62. The lowest BCUT2D eigenvalue weighted by Crippen LogP contribution is -2.16. The van der Waals surface area contributed by atoms with Crippen molar-refractivity contribution in [1.82, 2.24) is 0 Å². The zero-order valence-electron chi connectivity index (χ0n) is 16.4. The van der Waals surface area contributed by atoms with E-state index in [0.29, 0.717) is 13.2 Å². The summed E-state index contributed by atoms with van der Waals surface area (Å²) in [5.74, 6) is 1.46. The molecular formula is C22H22N4O2S. The van der Waals surface area contributed by atoms with E-state index in [4.69, 9.17) is 9.47 Å². The molecule has 7 heteroatoms. The third-order valence-electron chi connectivity index (χ3n) is 4.41. The van der Waals surface area contributed by atoms with Gasteiger partial charge in [0.25, 0.3) is 0 Å². The van der Waals surface area contributed by atoms with Crippen LogP contribution in [0.25, 0.3) is 0 Å². The van der Waals surface area contributed by atoms with Gasteiger partial charge in [-0.25, -0.2) is 0 Å². The molecule has 0 amide bonds. The molecule has 0 saturated heterocycles. The molecule has 0 radical (unpaired) electrons. The first-order chi connectivity index (χ1) is 14.2. The van der Waals surface area contributed by atoms with E-state index in [-0.39, 0.29) is 0 Å². The molecule has 0 unspecified atom stereocenters. The van der Waals surface area contributed by atoms with Gasteiger partial charge in [-0.3, -0.25) is 10.0 Å². The number of fused-ring (bicyclic) bond motifs is 1. The molecule has 0 spiro atoms. The van der Waals surface area contributed by atoms with Crippen molar-refractivity contribution in [3.05, 3.63) is 70.4 Å². The largest absolute Gasteiger partial charge is 0.485 e. The van der Waals surface area contributed by atoms with Crippen molar-refractivity contribution < 1.29 is 9.47 Å². The number of para-hydroxylation sites is 2. The lowest BCUT2D eigenvalue weighted by atomic mass is 10.3. The first-order valence-electron chi connectivity index (χ1n) is 9.30. The van der Waals surface area contributed by atoms with Crippen molar-refractivity contribution in [2.45, 2.75) is 0 Å². The van der Waals surface area contributed by atoms with Crippen LogP contribution in [0.3, 0.4) is 0 Å². The summed E-state index contributed by atoms with van der Waals surface area (Å²) in [6, 6.07) is 20.0. The fourth-order valence-corrected chi connectivity index (χ4v) is 3.79. The molecule has 0 atom stereocenters. The molecule has 1 aromatic heterocycles. The first kappa shape index (κ1) is 19.0. The zero-order chi connectivity index (χ0) is 20.1. The third-order valence-corrected chi connectivity index (χ3v) is 5.43. The molecule has 1 aliphatic heterocycles. The van der Waals surface area contributed by atoms with Crippen molar-refractivity contribution >= 4 is 35.1 Å². The van der Waals surface area contributed by atoms with Crippen LogP contribution in [-0.4, -0.2) is 39.7 Å². The fourth-order valence-electron chi connectivity index (χ4n) is 2.86. The number of thiophene rings is 1. The molecule has 0 N–H and O–H groups in total. The van der Waals surface area contributed by atoms with Gasteiger partial charge in [0, 0.05) is 14.1 Å². The minimum atomic E-state index is 0.527. The molecule has 2 heterocycles. The standard InChI is InChI=1S/C22H22N4O2S/c1-25(17-9-5-3-6-10-17)23-15-19-21-22(28-14-13-27-21)20(29-19)16-24-26(2)18-11-7-4-8-12-18/h3-12,15-16H,13-14H2,1-2H3. The van der Waals surface area contributed by atoms with Crippen LogP contribution in [0.4, 0.5) is 11.4 Å². The van der Waals surface area contributed by atoms with Gasteiger partial charge in [-0.1, -0.05) is 36.4 Å². The number of rotatable bonds is 6. The molecule has 0 saturated carbocycles. The molecule has 0 aliphatic carbocycles. The van der Waals surface area contributed by atoms with Gasteiger partial charge in [-0.15, -0.1) is 11.3 Å². The Labute approximate surface area is 174 Å². The van der Waals surface area contributed by atoms with E-state index in [1.807, 2.05) is 97.2 Å². The quantitative estimate of drug-likeness (QED) is 0.448. The summed E-state index contributed by atoms with van der Waals surface area (Å²) in [5, 5.41) is 12.8. The number of hydrogen-bond donors (Lipinski definition) is 0. The number of hydrogen-bond acceptors (Lipinski definition) is 7. The SMILES string of the molecule is CN(N=Cc1sc(C=NN(C)c2ccccc2)c2c1OCCO2)c1ccccc1. The van der Waals surface area contributed by atoms with Gasteiger partial charge >= 0.3 is 0 Å².